The summed E-state index contributed by atoms with van der Waals surface area (Å²) < 4.78 is 5.24. The molecular weight excluding hydrogens is 218 g/mol. The van der Waals surface area contributed by atoms with Crippen LogP contribution >= 0.6 is 0 Å². The molecule has 1 aliphatic heterocycles. The Kier molecular flexibility index (Phi) is 4.40. The average molecular weight is 241 g/mol. The second-order valence-electron chi connectivity index (χ2n) is 5.60. The van der Waals surface area contributed by atoms with Gasteiger partial charge in [-0.2, -0.15) is 0 Å². The number of hydrogen-bond donors (Lipinski definition) is 1. The second-order valence-corrected chi connectivity index (χ2v) is 5.60. The number of nitrogens with zero attached hydrogens (tertiary/aromatic N) is 1. The van der Waals surface area contributed by atoms with Crippen LogP contribution in [0.1, 0.15) is 32.6 Å². The van der Waals surface area contributed by atoms with Crippen LogP contribution in [0.2, 0.25) is 0 Å². The minimum absolute atomic E-state index is 0.555. The summed E-state index contributed by atoms with van der Waals surface area (Å²) in [7, 11) is 0. The highest BCUT2D eigenvalue weighted by Gasteiger charge is 2.28. The lowest BCUT2D eigenvalue weighted by atomic mass is 9.82. The topological polar surface area (TPSA) is 49.8 Å². The van der Waals surface area contributed by atoms with Gasteiger partial charge in [0.25, 0.3) is 0 Å². The van der Waals surface area contributed by atoms with Crippen LogP contribution in [-0.4, -0.2) is 48.3 Å². The van der Waals surface area contributed by atoms with Crippen LogP contribution in [0.25, 0.3) is 0 Å². The minimum Gasteiger partial charge on any atom is -0.479 e. The predicted octanol–water partition coefficient (Wildman–Crippen LogP) is 1.60. The summed E-state index contributed by atoms with van der Waals surface area (Å²) in [6, 6.07) is 0. The smallest absolute Gasteiger partial charge is 0.334 e. The number of carboxylic acid groups (broad SMARTS) is 1. The van der Waals surface area contributed by atoms with Crippen LogP contribution in [0.15, 0.2) is 0 Å². The van der Waals surface area contributed by atoms with E-state index in [1.54, 1.807) is 0 Å². The number of rotatable bonds is 3. The quantitative estimate of drug-likeness (QED) is 0.815. The summed E-state index contributed by atoms with van der Waals surface area (Å²) in [5.74, 6) is 0.767. The van der Waals surface area contributed by atoms with Crippen molar-refractivity contribution < 1.29 is 14.6 Å². The molecule has 0 aromatic heterocycles. The summed E-state index contributed by atoms with van der Waals surface area (Å²) in [6.07, 6.45) is 4.68. The lowest BCUT2D eigenvalue weighted by Gasteiger charge is -2.35. The van der Waals surface area contributed by atoms with E-state index in [1.807, 2.05) is 0 Å². The van der Waals surface area contributed by atoms with Gasteiger partial charge in [0.15, 0.2) is 6.10 Å². The van der Waals surface area contributed by atoms with Gasteiger partial charge in [0, 0.05) is 19.6 Å². The van der Waals surface area contributed by atoms with Crippen molar-refractivity contribution in [2.75, 3.05) is 26.2 Å². The maximum Gasteiger partial charge on any atom is 0.334 e. The Hall–Kier alpha value is -0.610. The molecule has 1 aliphatic carbocycles. The van der Waals surface area contributed by atoms with E-state index < -0.39 is 12.1 Å². The molecule has 2 rings (SSSR count). The van der Waals surface area contributed by atoms with Crippen molar-refractivity contribution in [1.29, 1.82) is 0 Å². The summed E-state index contributed by atoms with van der Waals surface area (Å²) >= 11 is 0. The molecule has 4 nitrogen and oxygen atoms in total. The molecule has 3 atom stereocenters. The van der Waals surface area contributed by atoms with Crippen molar-refractivity contribution >= 4 is 5.97 Å². The molecular formula is C13H23NO3. The fourth-order valence-electron chi connectivity index (χ4n) is 3.11. The van der Waals surface area contributed by atoms with E-state index in [1.165, 1.54) is 25.7 Å². The highest BCUT2D eigenvalue weighted by atomic mass is 16.5. The fraction of sp³-hybridized carbons (Fsp3) is 0.923. The van der Waals surface area contributed by atoms with Crippen molar-refractivity contribution in [3.05, 3.63) is 0 Å². The summed E-state index contributed by atoms with van der Waals surface area (Å²) in [6.45, 7) is 5.37. The molecule has 0 aromatic carbocycles. The first-order valence-corrected chi connectivity index (χ1v) is 6.72. The van der Waals surface area contributed by atoms with Crippen molar-refractivity contribution in [2.24, 2.45) is 11.8 Å². The van der Waals surface area contributed by atoms with E-state index in [-0.39, 0.29) is 0 Å². The normalized spacial score (nSPS) is 35.7. The van der Waals surface area contributed by atoms with Gasteiger partial charge in [0.1, 0.15) is 0 Å². The van der Waals surface area contributed by atoms with E-state index in [0.717, 1.165) is 24.9 Å². The molecule has 17 heavy (non-hydrogen) atoms. The third-order valence-corrected chi connectivity index (χ3v) is 3.99. The Morgan fingerprint density at radius 2 is 2.29 bits per heavy atom. The van der Waals surface area contributed by atoms with Gasteiger partial charge in [0.2, 0.25) is 0 Å². The van der Waals surface area contributed by atoms with Crippen molar-refractivity contribution in [3.8, 4) is 0 Å². The van der Waals surface area contributed by atoms with E-state index in [4.69, 9.17) is 9.84 Å². The van der Waals surface area contributed by atoms with Crippen molar-refractivity contribution in [1.82, 2.24) is 4.90 Å². The number of ether oxygens (including phenoxy) is 1. The average Bonchev–Trinajstić information content (AvgIpc) is 2.29. The van der Waals surface area contributed by atoms with E-state index in [9.17, 15) is 4.79 Å². The number of aliphatic carboxylic acids is 1. The van der Waals surface area contributed by atoms with Crippen LogP contribution in [0.3, 0.4) is 0 Å². The van der Waals surface area contributed by atoms with Crippen molar-refractivity contribution in [3.63, 3.8) is 0 Å². The molecule has 1 saturated carbocycles. The molecule has 98 valence electrons. The molecule has 0 amide bonds. The molecule has 1 N–H and O–H groups in total. The van der Waals surface area contributed by atoms with Gasteiger partial charge in [-0.3, -0.25) is 4.90 Å². The van der Waals surface area contributed by atoms with Crippen LogP contribution in [0.5, 0.6) is 0 Å². The Morgan fingerprint density at radius 1 is 1.47 bits per heavy atom. The SMILES string of the molecule is CC1CCCC(CN2CCOC(C(=O)O)C2)C1. The monoisotopic (exact) mass is 241 g/mol. The van der Waals surface area contributed by atoms with Gasteiger partial charge < -0.3 is 9.84 Å². The first-order chi connectivity index (χ1) is 8.15. The summed E-state index contributed by atoms with van der Waals surface area (Å²) in [5.41, 5.74) is 0. The third kappa shape index (κ3) is 3.68. The zero-order valence-corrected chi connectivity index (χ0v) is 10.6. The minimum atomic E-state index is -0.827. The standard InChI is InChI=1S/C13H23NO3/c1-10-3-2-4-11(7-10)8-14-5-6-17-12(9-14)13(15)16/h10-12H,2-9H2,1H3,(H,15,16). The first kappa shape index (κ1) is 12.8. The van der Waals surface area contributed by atoms with Gasteiger partial charge in [-0.15, -0.1) is 0 Å². The van der Waals surface area contributed by atoms with Gasteiger partial charge >= 0.3 is 5.97 Å². The van der Waals surface area contributed by atoms with Crippen LogP contribution in [-0.2, 0) is 9.53 Å². The maximum absolute atomic E-state index is 10.9. The van der Waals surface area contributed by atoms with E-state index in [0.29, 0.717) is 13.2 Å². The first-order valence-electron chi connectivity index (χ1n) is 6.72. The van der Waals surface area contributed by atoms with E-state index in [2.05, 4.69) is 11.8 Å². The Balaban J connectivity index is 1.79. The van der Waals surface area contributed by atoms with Gasteiger partial charge in [-0.1, -0.05) is 19.8 Å². The summed E-state index contributed by atoms with van der Waals surface area (Å²) in [5, 5.41) is 8.95. The highest BCUT2D eigenvalue weighted by Crippen LogP contribution is 2.29. The van der Waals surface area contributed by atoms with Gasteiger partial charge in [-0.05, 0) is 24.7 Å². The Morgan fingerprint density at radius 3 is 3.00 bits per heavy atom. The molecule has 2 aliphatic rings. The van der Waals surface area contributed by atoms with Crippen LogP contribution in [0, 0.1) is 11.8 Å². The van der Waals surface area contributed by atoms with E-state index >= 15 is 0 Å². The van der Waals surface area contributed by atoms with Gasteiger partial charge in [-0.25, -0.2) is 4.79 Å². The molecule has 0 bridgehead atoms. The zero-order chi connectivity index (χ0) is 12.3. The lowest BCUT2D eigenvalue weighted by molar-refractivity contribution is -0.156. The Bertz CT molecular complexity index is 269. The largest absolute Gasteiger partial charge is 0.479 e. The van der Waals surface area contributed by atoms with Crippen LogP contribution < -0.4 is 0 Å². The number of morpholine rings is 1. The zero-order valence-electron chi connectivity index (χ0n) is 10.6. The molecule has 1 saturated heterocycles. The predicted molar refractivity (Wildman–Crippen MR) is 64.9 cm³/mol. The molecule has 1 heterocycles. The summed E-state index contributed by atoms with van der Waals surface area (Å²) in [4.78, 5) is 13.2. The highest BCUT2D eigenvalue weighted by molar-refractivity contribution is 5.72. The molecule has 4 heteroatoms. The maximum atomic E-state index is 10.9. The molecule has 2 fully saturated rings. The second kappa shape index (κ2) is 5.83. The number of carboxylic acids is 1. The number of hydrogen-bond acceptors (Lipinski definition) is 3. The van der Waals surface area contributed by atoms with Gasteiger partial charge in [0.05, 0.1) is 6.61 Å². The molecule has 0 aromatic rings. The fourth-order valence-corrected chi connectivity index (χ4v) is 3.11. The molecule has 0 spiro atoms. The lowest BCUT2D eigenvalue weighted by Crippen LogP contribution is -2.47. The third-order valence-electron chi connectivity index (χ3n) is 3.99. The van der Waals surface area contributed by atoms with Crippen molar-refractivity contribution in [2.45, 2.75) is 38.7 Å². The van der Waals surface area contributed by atoms with Crippen LogP contribution in [0.4, 0.5) is 0 Å². The molecule has 0 radical (unpaired) electrons. The molecule has 3 unspecified atom stereocenters. The Labute approximate surface area is 103 Å². The number of carbonyl (C=O) groups is 1.